The van der Waals surface area contributed by atoms with Crippen molar-refractivity contribution in [3.8, 4) is 45.2 Å². The van der Waals surface area contributed by atoms with Crippen molar-refractivity contribution in [3.63, 3.8) is 0 Å². The summed E-state index contributed by atoms with van der Waals surface area (Å²) in [5.41, 5.74) is 14.5. The molecule has 0 spiro atoms. The van der Waals surface area contributed by atoms with Crippen LogP contribution in [0.25, 0.3) is 45.2 Å². The summed E-state index contributed by atoms with van der Waals surface area (Å²) in [6, 6.07) is 46.3. The number of oxazole rings is 3. The first kappa shape index (κ1) is 97.0. The predicted octanol–water partition coefficient (Wildman–Crippen LogP) is 15.5. The summed E-state index contributed by atoms with van der Waals surface area (Å²) >= 11 is 0. The lowest BCUT2D eigenvalue weighted by Gasteiger charge is -2.41. The number of ether oxygens (including phenoxy) is 2. The van der Waals surface area contributed by atoms with E-state index in [1.807, 2.05) is 50.2 Å². The predicted molar refractivity (Wildman–Crippen MR) is 552 cm³/mol. The van der Waals surface area contributed by atoms with E-state index in [1.165, 1.54) is 22.3 Å². The fourth-order valence-electron chi connectivity index (χ4n) is 21.0. The third kappa shape index (κ3) is 21.1. The second-order valence-electron chi connectivity index (χ2n) is 40.2. The number of aliphatic hydroxyl groups excluding tert-OH is 3. The van der Waals surface area contributed by atoms with Crippen LogP contribution in [-0.4, -0.2) is 232 Å². The summed E-state index contributed by atoms with van der Waals surface area (Å²) in [6.45, 7) is 19.9. The van der Waals surface area contributed by atoms with Gasteiger partial charge in [0, 0.05) is 185 Å². The second kappa shape index (κ2) is 42.3. The number of aryl methyl sites for hydroxylation is 9. The quantitative estimate of drug-likeness (QED) is 0.0313. The Kier molecular flexibility index (Phi) is 28.9. The van der Waals surface area contributed by atoms with Gasteiger partial charge in [0.15, 0.2) is 35.0 Å². The highest BCUT2D eigenvalue weighted by Gasteiger charge is 2.47. The zero-order chi connectivity index (χ0) is 97.3. The first-order chi connectivity index (χ1) is 69.2. The highest BCUT2D eigenvalue weighted by molar-refractivity contribution is 7.86. The van der Waals surface area contributed by atoms with E-state index in [4.69, 9.17) is 77.5 Å². The smallest absolute Gasteiger partial charge is 0.227 e. The van der Waals surface area contributed by atoms with Crippen LogP contribution in [0.3, 0.4) is 0 Å². The van der Waals surface area contributed by atoms with Gasteiger partial charge in [-0.3, -0.25) is 16.8 Å². The monoisotopic (exact) mass is 2000 g/mol. The number of rotatable bonds is 23. The summed E-state index contributed by atoms with van der Waals surface area (Å²) in [4.78, 5) is 65.3. The molecule has 0 amide bonds. The van der Waals surface area contributed by atoms with Gasteiger partial charge in [-0.05, 0) is 143 Å². The van der Waals surface area contributed by atoms with Gasteiger partial charge in [0.2, 0.25) is 23.8 Å². The Morgan fingerprint density at radius 2 is 0.655 bits per heavy atom. The van der Waals surface area contributed by atoms with Crippen LogP contribution in [0.1, 0.15) is 195 Å². The van der Waals surface area contributed by atoms with Gasteiger partial charge in [-0.1, -0.05) is 150 Å². The van der Waals surface area contributed by atoms with Crippen LogP contribution in [-0.2, 0) is 83.8 Å². The van der Waals surface area contributed by atoms with Crippen LogP contribution in [0.4, 0.5) is 47.1 Å². The molecule has 142 heavy (non-hydrogen) atoms. The Balaban J connectivity index is 0.000000112. The van der Waals surface area contributed by atoms with Gasteiger partial charge in [-0.25, -0.2) is 34.9 Å². The summed E-state index contributed by atoms with van der Waals surface area (Å²) in [5.74, 6) is 13.7. The molecule has 12 aliphatic rings. The van der Waals surface area contributed by atoms with Crippen LogP contribution in [0, 0.1) is 34.6 Å². The SMILES string of the molecule is Cc1ccc(-c2oc(C3CCN(c4nc5c(c(NC6(CO)CC6)n4)S(=O)CC5)CC3)nc2C)cc1.Cc1ccc(-c2oc(C3CCN(c4nc5c(c(NC6CCOCC6)n4)S(=O)CC5)CC3)nc2C)cc1.Cc1ccc(C2(CO)CCN(c3nc4c(c(NC5CCOCC5)n3)S(=O)CC4)CC2)cc1.O=S1CCc2nc(N3CCC(c4nc(-c5ccccc5)c(-c5ccccc5)o4)CC3)nc(NC3(CO)CC3)c21. The van der Waals surface area contributed by atoms with Crippen LogP contribution < -0.4 is 40.9 Å². The highest BCUT2D eigenvalue weighted by atomic mass is 32.2. The number of aliphatic hydroxyl groups is 3. The van der Waals surface area contributed by atoms with Gasteiger partial charge in [0.05, 0.1) is 108 Å². The molecule has 0 bridgehead atoms. The summed E-state index contributed by atoms with van der Waals surface area (Å²) in [5, 5.41) is 43.9. The molecule has 7 N–H and O–H groups in total. The molecule has 12 aromatic rings. The number of nitrogens with one attached hydrogen (secondary N) is 4. The van der Waals surface area contributed by atoms with Crippen molar-refractivity contribution in [2.24, 2.45) is 0 Å². The molecule has 35 heteroatoms. The molecule has 2 saturated carbocycles. The van der Waals surface area contributed by atoms with Crippen LogP contribution in [0.15, 0.2) is 166 Å². The van der Waals surface area contributed by atoms with Crippen molar-refractivity contribution in [3.05, 3.63) is 208 Å². The Hall–Kier alpha value is -11.2. The molecule has 31 nitrogen and oxygen atoms in total. The minimum Gasteiger partial charge on any atom is -0.440 e. The molecule has 746 valence electrons. The van der Waals surface area contributed by atoms with E-state index in [0.717, 1.165) is 329 Å². The molecule has 5 aromatic carbocycles. The molecule has 6 saturated heterocycles. The highest BCUT2D eigenvalue weighted by Crippen LogP contribution is 2.48. The number of hydrogen-bond acceptors (Lipinski definition) is 31. The lowest BCUT2D eigenvalue weighted by atomic mass is 9.73. The maximum atomic E-state index is 12.7. The second-order valence-corrected chi connectivity index (χ2v) is 46.2. The molecule has 7 aromatic heterocycles. The Bertz CT molecular complexity index is 6540. The minimum absolute atomic E-state index is 0.0469. The third-order valence-corrected chi connectivity index (χ3v) is 36.1. The van der Waals surface area contributed by atoms with Gasteiger partial charge in [0.1, 0.15) is 48.5 Å². The van der Waals surface area contributed by atoms with Gasteiger partial charge in [-0.2, -0.15) is 19.9 Å². The summed E-state index contributed by atoms with van der Waals surface area (Å²) in [7, 11) is -4.26. The number of benzene rings is 5. The molecule has 4 atom stereocenters. The number of aromatic nitrogens is 11. The number of fused-ring (bicyclic) bond motifs is 4. The van der Waals surface area contributed by atoms with Crippen LogP contribution in [0.5, 0.6) is 0 Å². The summed E-state index contributed by atoms with van der Waals surface area (Å²) < 4.78 is 80.7. The normalized spacial score (nSPS) is 21.3. The van der Waals surface area contributed by atoms with Crippen molar-refractivity contribution in [2.75, 3.05) is 162 Å². The molecular formula is C107H127N19O12S4. The molecule has 8 fully saturated rings. The minimum atomic E-state index is -1.10. The lowest BCUT2D eigenvalue weighted by Crippen LogP contribution is -2.45. The summed E-state index contributed by atoms with van der Waals surface area (Å²) in [6.07, 6.45) is 17.3. The molecule has 17 heterocycles. The van der Waals surface area contributed by atoms with E-state index < -0.39 is 43.2 Å². The van der Waals surface area contributed by atoms with Crippen molar-refractivity contribution in [1.29, 1.82) is 0 Å². The van der Waals surface area contributed by atoms with Gasteiger partial charge >= 0.3 is 0 Å². The zero-order valence-corrected chi connectivity index (χ0v) is 84.8. The number of hydrogen-bond donors (Lipinski definition) is 7. The van der Waals surface area contributed by atoms with E-state index in [-0.39, 0.29) is 60.1 Å². The maximum Gasteiger partial charge on any atom is 0.227 e. The lowest BCUT2D eigenvalue weighted by molar-refractivity contribution is 0.0902. The Morgan fingerprint density at radius 3 is 1.01 bits per heavy atom. The van der Waals surface area contributed by atoms with Crippen molar-refractivity contribution < 1.29 is 54.9 Å². The molecule has 10 aliphatic heterocycles. The topological polar surface area (TPSA) is 390 Å². The fourth-order valence-corrected chi connectivity index (χ4v) is 26.2. The Morgan fingerprint density at radius 1 is 0.338 bits per heavy atom. The van der Waals surface area contributed by atoms with Crippen molar-refractivity contribution in [1.82, 2.24) is 54.8 Å². The van der Waals surface area contributed by atoms with Crippen LogP contribution >= 0.6 is 0 Å². The van der Waals surface area contributed by atoms with E-state index in [1.54, 1.807) is 0 Å². The average Bonchev–Trinajstić information content (AvgIpc) is 1.60. The molecule has 2 aliphatic carbocycles. The van der Waals surface area contributed by atoms with E-state index in [0.29, 0.717) is 71.4 Å². The molecular weight excluding hydrogens is 1870 g/mol. The number of anilines is 8. The third-order valence-electron chi connectivity index (χ3n) is 30.2. The van der Waals surface area contributed by atoms with Gasteiger partial charge < -0.3 is 78.9 Å². The molecule has 0 radical (unpaired) electrons. The number of piperidine rings is 4. The van der Waals surface area contributed by atoms with Gasteiger partial charge in [0.25, 0.3) is 0 Å². The standard InChI is InChI=1S/C30H31N5O3S.C27H33N5O3S.C26H31N5O3S.C24H32N4O3S/c36-19-30(14-15-30)34-27-26-23(13-18-39(26)37)31-29(33-27)35-16-11-22(12-17-35)28-32-24(20-7-3-1-4-8-20)25(38-28)21-9-5-2-6-10-21;1-17-3-5-19(6-4-17)23-18(2)28-26(35-23)20-7-12-32(13-8-20)27-30-22-11-16-36(33)24(22)25(31-27)29-21-9-14-34-15-10-21;1-16-3-5-18(6-4-16)21-17(2)27-24(34-21)19-7-12-31(13-8-19)25-28-20-9-14-35(33)22(20)23(29-25)30-26(15-32)10-11-26;1-17-2-4-18(5-3-17)24(16-29)9-11-28(12-10-24)23-26-20-8-15-32(30)21(20)22(27-23)25-19-6-13-31-14-7-19/h1-10,22,36H,11-19H2,(H,31,33,34);3-6,20-21H,7-16H2,1-2H3,(H,29,30,31);3-6,19,32H,7-15H2,1-2H3,(H,28,29,30);2-5,19,29H,6-16H2,1H3,(H,25,26,27). The van der Waals surface area contributed by atoms with Crippen LogP contribution in [0.2, 0.25) is 0 Å². The maximum absolute atomic E-state index is 12.7. The molecule has 24 rings (SSSR count). The van der Waals surface area contributed by atoms with E-state index in [9.17, 15) is 32.2 Å². The van der Waals surface area contributed by atoms with E-state index in [2.05, 4.69) is 159 Å². The Labute approximate surface area is 838 Å². The zero-order valence-electron chi connectivity index (χ0n) is 81.5. The first-order valence-corrected chi connectivity index (χ1v) is 56.0. The first-order valence-electron chi connectivity index (χ1n) is 50.7. The van der Waals surface area contributed by atoms with Crippen molar-refractivity contribution >= 4 is 90.3 Å². The average molecular weight is 2000 g/mol. The largest absolute Gasteiger partial charge is 0.440 e. The van der Waals surface area contributed by atoms with Gasteiger partial charge in [-0.15, -0.1) is 0 Å². The number of nitrogens with zero attached hydrogens (tertiary/aromatic N) is 15. The van der Waals surface area contributed by atoms with Crippen molar-refractivity contribution in [2.45, 2.75) is 229 Å². The fraction of sp³-hybridized carbons (Fsp3) is 0.486. The van der Waals surface area contributed by atoms with E-state index >= 15 is 0 Å². The molecule has 4 unspecified atom stereocenters.